The molecule has 0 aliphatic heterocycles. The smallest absolute Gasteiger partial charge is 0.109 e. The first-order chi connectivity index (χ1) is 7.52. The molecule has 2 nitrogen and oxygen atoms in total. The van der Waals surface area contributed by atoms with Crippen molar-refractivity contribution in [3.63, 3.8) is 0 Å². The summed E-state index contributed by atoms with van der Waals surface area (Å²) in [5.41, 5.74) is 1.64. The zero-order valence-electron chi connectivity index (χ0n) is 10.4. The van der Waals surface area contributed by atoms with Gasteiger partial charge in [-0.1, -0.05) is 19.9 Å². The fourth-order valence-corrected chi connectivity index (χ4v) is 2.51. The van der Waals surface area contributed by atoms with E-state index in [4.69, 9.17) is 4.42 Å². The Morgan fingerprint density at radius 3 is 3.06 bits per heavy atom. The lowest BCUT2D eigenvalue weighted by Gasteiger charge is -2.35. The van der Waals surface area contributed by atoms with Crippen molar-refractivity contribution in [1.82, 2.24) is 5.32 Å². The lowest BCUT2D eigenvalue weighted by Crippen LogP contribution is -2.36. The van der Waals surface area contributed by atoms with E-state index >= 15 is 0 Å². The maximum atomic E-state index is 5.57. The van der Waals surface area contributed by atoms with Gasteiger partial charge in [0.25, 0.3) is 0 Å². The van der Waals surface area contributed by atoms with E-state index in [2.05, 4.69) is 38.7 Å². The van der Waals surface area contributed by atoms with Gasteiger partial charge in [0.15, 0.2) is 0 Å². The van der Waals surface area contributed by atoms with Gasteiger partial charge in [0.1, 0.15) is 5.76 Å². The molecule has 0 saturated carbocycles. The molecule has 2 rings (SSSR count). The van der Waals surface area contributed by atoms with Gasteiger partial charge in [0.05, 0.1) is 6.26 Å². The maximum absolute atomic E-state index is 5.57. The predicted molar refractivity (Wildman–Crippen MR) is 66.3 cm³/mol. The third kappa shape index (κ3) is 2.22. The minimum Gasteiger partial charge on any atom is -0.469 e. The van der Waals surface area contributed by atoms with E-state index < -0.39 is 0 Å². The molecule has 1 aliphatic carbocycles. The van der Waals surface area contributed by atoms with Crippen molar-refractivity contribution in [2.75, 3.05) is 0 Å². The van der Waals surface area contributed by atoms with E-state index in [0.717, 1.165) is 18.6 Å². The minimum atomic E-state index is 0.309. The first-order valence-corrected chi connectivity index (χ1v) is 5.97. The van der Waals surface area contributed by atoms with E-state index in [1.54, 1.807) is 6.26 Å². The quantitative estimate of drug-likeness (QED) is 0.788. The highest BCUT2D eigenvalue weighted by Crippen LogP contribution is 2.41. The second-order valence-corrected chi connectivity index (χ2v) is 5.59. The van der Waals surface area contributed by atoms with Crippen molar-refractivity contribution in [2.24, 2.45) is 5.41 Å². The SMILES string of the molecule is C=CC(C)NC1CC(C)(C)Cc2occc21. The highest BCUT2D eigenvalue weighted by Gasteiger charge is 2.34. The molecule has 0 fully saturated rings. The fourth-order valence-electron chi connectivity index (χ4n) is 2.51. The second kappa shape index (κ2) is 4.10. The van der Waals surface area contributed by atoms with Crippen molar-refractivity contribution in [1.29, 1.82) is 0 Å². The maximum Gasteiger partial charge on any atom is 0.109 e. The van der Waals surface area contributed by atoms with Crippen LogP contribution in [0.2, 0.25) is 0 Å². The highest BCUT2D eigenvalue weighted by atomic mass is 16.3. The first-order valence-electron chi connectivity index (χ1n) is 5.97. The molecule has 88 valence electrons. The van der Waals surface area contributed by atoms with Gasteiger partial charge < -0.3 is 9.73 Å². The van der Waals surface area contributed by atoms with Gasteiger partial charge in [-0.3, -0.25) is 0 Å². The summed E-state index contributed by atoms with van der Waals surface area (Å²) in [5.74, 6) is 1.14. The van der Waals surface area contributed by atoms with Crippen molar-refractivity contribution in [3.8, 4) is 0 Å². The summed E-state index contributed by atoms with van der Waals surface area (Å²) in [7, 11) is 0. The van der Waals surface area contributed by atoms with Crippen LogP contribution in [0.1, 0.15) is 44.6 Å². The number of furan rings is 1. The Labute approximate surface area is 97.7 Å². The number of fused-ring (bicyclic) bond motifs is 1. The topological polar surface area (TPSA) is 25.2 Å². The van der Waals surface area contributed by atoms with Gasteiger partial charge in [0, 0.05) is 24.1 Å². The van der Waals surface area contributed by atoms with Crippen LogP contribution >= 0.6 is 0 Å². The standard InChI is InChI=1S/C14H21NO/c1-5-10(2)15-12-8-14(3,4)9-13-11(12)6-7-16-13/h5-7,10,12,15H,1,8-9H2,2-4H3. The van der Waals surface area contributed by atoms with Gasteiger partial charge in [0.2, 0.25) is 0 Å². The second-order valence-electron chi connectivity index (χ2n) is 5.59. The van der Waals surface area contributed by atoms with Crippen molar-refractivity contribution in [3.05, 3.63) is 36.3 Å². The molecule has 0 saturated heterocycles. The third-order valence-corrected chi connectivity index (χ3v) is 3.37. The van der Waals surface area contributed by atoms with Crippen molar-refractivity contribution in [2.45, 2.75) is 45.7 Å². The zero-order chi connectivity index (χ0) is 11.8. The van der Waals surface area contributed by atoms with Crippen LogP contribution in [0.3, 0.4) is 0 Å². The Kier molecular flexibility index (Phi) is 2.94. The number of rotatable bonds is 3. The molecule has 0 radical (unpaired) electrons. The molecule has 1 aromatic rings. The molecule has 2 heteroatoms. The van der Waals surface area contributed by atoms with Crippen LogP contribution in [-0.4, -0.2) is 6.04 Å². The molecule has 1 aromatic heterocycles. The van der Waals surface area contributed by atoms with E-state index in [1.807, 2.05) is 6.08 Å². The summed E-state index contributed by atoms with van der Waals surface area (Å²) >= 11 is 0. The first kappa shape index (κ1) is 11.5. The molecule has 0 spiro atoms. The fraction of sp³-hybridized carbons (Fsp3) is 0.571. The number of hydrogen-bond donors (Lipinski definition) is 1. The molecule has 0 amide bonds. The van der Waals surface area contributed by atoms with E-state index in [0.29, 0.717) is 17.5 Å². The molecule has 1 aliphatic rings. The molecule has 0 aromatic carbocycles. The summed E-state index contributed by atoms with van der Waals surface area (Å²) in [4.78, 5) is 0. The Balaban J connectivity index is 2.23. The summed E-state index contributed by atoms with van der Waals surface area (Å²) in [6.07, 6.45) is 5.94. The summed E-state index contributed by atoms with van der Waals surface area (Å²) in [6, 6.07) is 2.82. The zero-order valence-corrected chi connectivity index (χ0v) is 10.4. The normalized spacial score (nSPS) is 24.8. The number of hydrogen-bond acceptors (Lipinski definition) is 2. The van der Waals surface area contributed by atoms with Crippen LogP contribution in [0.5, 0.6) is 0 Å². The van der Waals surface area contributed by atoms with Gasteiger partial charge in [-0.2, -0.15) is 0 Å². The monoisotopic (exact) mass is 219 g/mol. The molecule has 16 heavy (non-hydrogen) atoms. The van der Waals surface area contributed by atoms with Crippen LogP contribution in [-0.2, 0) is 6.42 Å². The molecular formula is C14H21NO. The van der Waals surface area contributed by atoms with Gasteiger partial charge in [-0.15, -0.1) is 6.58 Å². The number of nitrogens with one attached hydrogen (secondary N) is 1. The molecule has 2 atom stereocenters. The minimum absolute atomic E-state index is 0.309. The summed E-state index contributed by atoms with van der Waals surface area (Å²) in [6.45, 7) is 10.5. The van der Waals surface area contributed by atoms with Crippen LogP contribution in [0.4, 0.5) is 0 Å². The van der Waals surface area contributed by atoms with Crippen LogP contribution in [0.15, 0.2) is 29.4 Å². The van der Waals surface area contributed by atoms with Crippen molar-refractivity contribution < 1.29 is 4.42 Å². The Hall–Kier alpha value is -1.02. The molecular weight excluding hydrogens is 198 g/mol. The van der Waals surface area contributed by atoms with Crippen molar-refractivity contribution >= 4 is 0 Å². The largest absolute Gasteiger partial charge is 0.469 e. The Morgan fingerprint density at radius 1 is 1.62 bits per heavy atom. The molecule has 1 N–H and O–H groups in total. The van der Waals surface area contributed by atoms with E-state index in [1.165, 1.54) is 5.56 Å². The molecule has 1 heterocycles. The van der Waals surface area contributed by atoms with E-state index in [-0.39, 0.29) is 0 Å². The van der Waals surface area contributed by atoms with Gasteiger partial charge in [-0.05, 0) is 24.8 Å². The van der Waals surface area contributed by atoms with Crippen LogP contribution < -0.4 is 5.32 Å². The van der Waals surface area contributed by atoms with Crippen LogP contribution in [0.25, 0.3) is 0 Å². The Bertz CT molecular complexity index is 378. The lowest BCUT2D eigenvalue weighted by atomic mass is 9.74. The van der Waals surface area contributed by atoms with E-state index in [9.17, 15) is 0 Å². The lowest BCUT2D eigenvalue weighted by molar-refractivity contribution is 0.232. The summed E-state index contributed by atoms with van der Waals surface area (Å²) in [5, 5.41) is 3.59. The average Bonchev–Trinajstić information content (AvgIpc) is 2.63. The molecule has 0 bridgehead atoms. The van der Waals surface area contributed by atoms with Gasteiger partial charge in [-0.25, -0.2) is 0 Å². The average molecular weight is 219 g/mol. The Morgan fingerprint density at radius 2 is 2.38 bits per heavy atom. The predicted octanol–water partition coefficient (Wildman–Crippen LogP) is 3.46. The summed E-state index contributed by atoms with van der Waals surface area (Å²) < 4.78 is 5.57. The van der Waals surface area contributed by atoms with Gasteiger partial charge >= 0.3 is 0 Å². The highest BCUT2D eigenvalue weighted by molar-refractivity contribution is 5.26. The van der Waals surface area contributed by atoms with Crippen LogP contribution in [0, 0.1) is 5.41 Å². The third-order valence-electron chi connectivity index (χ3n) is 3.37. The molecule has 2 unspecified atom stereocenters.